The Hall–Kier alpha value is -2.62. The smallest absolute Gasteiger partial charge is 0.336 e. The molecule has 0 fully saturated rings. The van der Waals surface area contributed by atoms with Crippen molar-refractivity contribution in [2.75, 3.05) is 6.61 Å². The fraction of sp³-hybridized carbons (Fsp3) is 0.300. The van der Waals surface area contributed by atoms with Gasteiger partial charge in [0.2, 0.25) is 5.88 Å². The van der Waals surface area contributed by atoms with E-state index in [1.165, 1.54) is 0 Å². The van der Waals surface area contributed by atoms with E-state index in [1.807, 2.05) is 19.1 Å². The first kappa shape index (κ1) is 21.4. The minimum atomic E-state index is -0.962. The fourth-order valence-electron chi connectivity index (χ4n) is 1.82. The number of aliphatic imine (C=N–C) groups is 1. The number of carboxylic acids is 1. The predicted molar refractivity (Wildman–Crippen MR) is 101 cm³/mol. The fourth-order valence-corrected chi connectivity index (χ4v) is 1.82. The number of rotatable bonds is 8. The summed E-state index contributed by atoms with van der Waals surface area (Å²) in [5.41, 5.74) is 1.45. The van der Waals surface area contributed by atoms with Crippen molar-refractivity contribution in [3.63, 3.8) is 0 Å². The number of nitrogens with zero attached hydrogens (tertiary/aromatic N) is 1. The van der Waals surface area contributed by atoms with Gasteiger partial charge in [-0.1, -0.05) is 44.2 Å². The zero-order chi connectivity index (χ0) is 18.4. The highest BCUT2D eigenvalue weighted by Crippen LogP contribution is 2.13. The number of hydrogen-bond donors (Lipinski definition) is 1. The molecule has 0 aliphatic rings. The minimum absolute atomic E-state index is 0.239. The highest BCUT2D eigenvalue weighted by Gasteiger charge is 2.11. The monoisotopic (exact) mass is 329 g/mol. The number of allylic oxidation sites excluding steroid dienone is 3. The lowest BCUT2D eigenvalue weighted by Gasteiger charge is -2.08. The minimum Gasteiger partial charge on any atom is -0.478 e. The van der Waals surface area contributed by atoms with Gasteiger partial charge in [0.05, 0.1) is 12.2 Å². The van der Waals surface area contributed by atoms with Crippen LogP contribution in [0.15, 0.2) is 66.5 Å². The number of aromatic carboxylic acids is 1. The quantitative estimate of drug-likeness (QED) is 0.307. The molecule has 0 saturated heterocycles. The number of hydrogen-bond acceptors (Lipinski definition) is 3. The first-order valence-electron chi connectivity index (χ1n) is 7.97. The normalized spacial score (nSPS) is 11.8. The van der Waals surface area contributed by atoms with Gasteiger partial charge >= 0.3 is 5.97 Å². The maximum atomic E-state index is 11.3. The van der Waals surface area contributed by atoms with E-state index < -0.39 is 5.97 Å². The van der Waals surface area contributed by atoms with E-state index >= 15 is 0 Å². The second-order valence-electron chi connectivity index (χ2n) is 4.74. The standard InChI is InChI=1S/C18H23NO3.C2H4/c1-4-6-7-12-17(22-13-5-2)19-14(3)15-10-8-9-11-16(15)18(20)21;1-2/h6-12H,4-5,13H2,1-3H3,(H,20,21);1-2H2/b7-6+,17-12+,19-14+;. The van der Waals surface area contributed by atoms with Crippen molar-refractivity contribution in [1.82, 2.24) is 0 Å². The highest BCUT2D eigenvalue weighted by atomic mass is 16.5. The van der Waals surface area contributed by atoms with E-state index in [4.69, 9.17) is 4.74 Å². The molecule has 0 radical (unpaired) electrons. The Morgan fingerprint density at radius 2 is 1.88 bits per heavy atom. The van der Waals surface area contributed by atoms with Crippen molar-refractivity contribution in [2.24, 2.45) is 4.99 Å². The lowest BCUT2D eigenvalue weighted by atomic mass is 10.0. The van der Waals surface area contributed by atoms with Crippen molar-refractivity contribution in [3.8, 4) is 0 Å². The van der Waals surface area contributed by atoms with Crippen LogP contribution in [0.4, 0.5) is 0 Å². The van der Waals surface area contributed by atoms with Gasteiger partial charge in [0.15, 0.2) is 0 Å². The molecule has 0 aliphatic heterocycles. The molecule has 24 heavy (non-hydrogen) atoms. The van der Waals surface area contributed by atoms with Crippen LogP contribution < -0.4 is 0 Å². The molecule has 0 atom stereocenters. The summed E-state index contributed by atoms with van der Waals surface area (Å²) >= 11 is 0. The molecule has 1 N–H and O–H groups in total. The molecule has 0 saturated carbocycles. The van der Waals surface area contributed by atoms with E-state index in [0.717, 1.165) is 12.8 Å². The molecule has 0 unspecified atom stereocenters. The van der Waals surface area contributed by atoms with Crippen molar-refractivity contribution in [1.29, 1.82) is 0 Å². The second-order valence-corrected chi connectivity index (χ2v) is 4.74. The zero-order valence-corrected chi connectivity index (χ0v) is 14.8. The highest BCUT2D eigenvalue weighted by molar-refractivity contribution is 6.07. The molecule has 0 aromatic heterocycles. The van der Waals surface area contributed by atoms with Crippen LogP contribution in [0, 0.1) is 0 Å². The number of benzene rings is 1. The van der Waals surface area contributed by atoms with Crippen LogP contribution in [0.25, 0.3) is 0 Å². The summed E-state index contributed by atoms with van der Waals surface area (Å²) in [6.07, 6.45) is 7.51. The first-order valence-corrected chi connectivity index (χ1v) is 7.97. The first-order chi connectivity index (χ1) is 11.6. The number of ether oxygens (including phenoxy) is 1. The molecule has 0 amide bonds. The van der Waals surface area contributed by atoms with E-state index in [1.54, 1.807) is 37.3 Å². The molecule has 4 nitrogen and oxygen atoms in total. The lowest BCUT2D eigenvalue weighted by Crippen LogP contribution is -2.07. The third kappa shape index (κ3) is 7.58. The maximum absolute atomic E-state index is 11.3. The average molecular weight is 329 g/mol. The molecular formula is C20H27NO3. The summed E-state index contributed by atoms with van der Waals surface area (Å²) in [7, 11) is 0. The van der Waals surface area contributed by atoms with E-state index in [-0.39, 0.29) is 5.56 Å². The Morgan fingerprint density at radius 3 is 2.42 bits per heavy atom. The summed E-state index contributed by atoms with van der Waals surface area (Å²) < 4.78 is 5.61. The van der Waals surface area contributed by atoms with Gasteiger partial charge in [-0.3, -0.25) is 0 Å². The average Bonchev–Trinajstić information content (AvgIpc) is 2.61. The van der Waals surface area contributed by atoms with Crippen molar-refractivity contribution in [2.45, 2.75) is 33.6 Å². The van der Waals surface area contributed by atoms with Crippen LogP contribution in [0.1, 0.15) is 49.5 Å². The van der Waals surface area contributed by atoms with Gasteiger partial charge in [-0.15, -0.1) is 13.2 Å². The Kier molecular flexibility index (Phi) is 11.5. The van der Waals surface area contributed by atoms with E-state index in [9.17, 15) is 9.90 Å². The van der Waals surface area contributed by atoms with Crippen molar-refractivity contribution >= 4 is 11.7 Å². The summed E-state index contributed by atoms with van der Waals surface area (Å²) in [5, 5.41) is 9.25. The summed E-state index contributed by atoms with van der Waals surface area (Å²) in [6, 6.07) is 6.83. The third-order valence-electron chi connectivity index (χ3n) is 2.89. The molecule has 0 heterocycles. The van der Waals surface area contributed by atoms with Gasteiger partial charge in [0.25, 0.3) is 0 Å². The van der Waals surface area contributed by atoms with Gasteiger partial charge in [0.1, 0.15) is 0 Å². The zero-order valence-electron chi connectivity index (χ0n) is 14.8. The molecule has 4 heteroatoms. The van der Waals surface area contributed by atoms with Crippen LogP contribution in [-0.2, 0) is 4.74 Å². The largest absolute Gasteiger partial charge is 0.478 e. The Balaban J connectivity index is 0.00000254. The third-order valence-corrected chi connectivity index (χ3v) is 2.89. The number of carboxylic acid groups (broad SMARTS) is 1. The van der Waals surface area contributed by atoms with E-state index in [0.29, 0.717) is 23.8 Å². The maximum Gasteiger partial charge on any atom is 0.336 e. The number of carbonyl (C=O) groups is 1. The van der Waals surface area contributed by atoms with E-state index in [2.05, 4.69) is 25.1 Å². The molecule has 0 spiro atoms. The molecule has 1 rings (SSSR count). The topological polar surface area (TPSA) is 58.9 Å². The molecule has 1 aromatic carbocycles. The van der Waals surface area contributed by atoms with Crippen LogP contribution in [0.2, 0.25) is 0 Å². The molecule has 0 aliphatic carbocycles. The second kappa shape index (κ2) is 12.9. The molecule has 1 aromatic rings. The van der Waals surface area contributed by atoms with Crippen LogP contribution in [0.5, 0.6) is 0 Å². The van der Waals surface area contributed by atoms with Crippen LogP contribution in [-0.4, -0.2) is 23.4 Å². The molecule has 0 bridgehead atoms. The van der Waals surface area contributed by atoms with Gasteiger partial charge < -0.3 is 9.84 Å². The lowest BCUT2D eigenvalue weighted by molar-refractivity contribution is 0.0696. The summed E-state index contributed by atoms with van der Waals surface area (Å²) in [5.74, 6) is -0.472. The van der Waals surface area contributed by atoms with Gasteiger partial charge in [-0.2, -0.15) is 0 Å². The SMILES string of the molecule is C=C.CC/C=C/C=C(\N=C(/C)c1ccccc1C(=O)O)OCCC. The Labute approximate surface area is 144 Å². The van der Waals surface area contributed by atoms with Crippen LogP contribution >= 0.6 is 0 Å². The molecule has 130 valence electrons. The summed E-state index contributed by atoms with van der Waals surface area (Å²) in [6.45, 7) is 12.4. The van der Waals surface area contributed by atoms with Crippen molar-refractivity contribution in [3.05, 3.63) is 72.7 Å². The van der Waals surface area contributed by atoms with Gasteiger partial charge in [0, 0.05) is 11.3 Å². The van der Waals surface area contributed by atoms with Crippen LogP contribution in [0.3, 0.4) is 0 Å². The Morgan fingerprint density at radius 1 is 1.25 bits per heavy atom. The summed E-state index contributed by atoms with van der Waals surface area (Å²) in [4.78, 5) is 15.7. The Bertz CT molecular complexity index is 601. The predicted octanol–water partition coefficient (Wildman–Crippen LogP) is 5.23. The van der Waals surface area contributed by atoms with Crippen molar-refractivity contribution < 1.29 is 14.6 Å². The van der Waals surface area contributed by atoms with Gasteiger partial charge in [-0.25, -0.2) is 9.79 Å². The molecular weight excluding hydrogens is 302 g/mol. The van der Waals surface area contributed by atoms with Gasteiger partial charge in [-0.05, 0) is 31.9 Å².